The standard InChI is InChI=1S/C67H47N3/c1-7-21-48(22-8-1)49-35-38-56(39-36-49)69(54-29-15-5-16-30-54)58-41-44-64-62(47-58)61-46-57(68(52-25-11-3-12-26-52)53-27-13-4-14-28-53)40-43-63(61)67(64,50-23-9-2-10-24-50)51-37-42-60-59-33-19-20-34-65(59)70(66(60)45-51)55-31-17-6-18-32-55/h1-47H/i2D,9D,10D,23D,24D. The van der Waals surface area contributed by atoms with Gasteiger partial charge in [-0.1, -0.05) is 188 Å². The number of anilines is 6. The Morgan fingerprint density at radius 3 is 1.33 bits per heavy atom. The fourth-order valence-corrected chi connectivity index (χ4v) is 10.9. The second-order valence-electron chi connectivity index (χ2n) is 17.7. The van der Waals surface area contributed by atoms with Crippen molar-refractivity contribution in [2.45, 2.75) is 5.41 Å². The van der Waals surface area contributed by atoms with Crippen LogP contribution in [0.5, 0.6) is 0 Å². The van der Waals surface area contributed by atoms with Crippen LogP contribution < -0.4 is 9.80 Å². The van der Waals surface area contributed by atoms with Crippen LogP contribution in [0, 0.1) is 0 Å². The normalized spacial score (nSPS) is 14.8. The summed E-state index contributed by atoms with van der Waals surface area (Å²) in [5.74, 6) is 0. The molecule has 1 aliphatic rings. The molecule has 3 heteroatoms. The molecule has 1 atom stereocenters. The van der Waals surface area contributed by atoms with Crippen molar-refractivity contribution >= 4 is 55.9 Å². The SMILES string of the molecule is [2H]c1c([2H])c([2H])c(C2(c3ccc4c5ccccc5n(-c5ccccc5)c4c3)c3ccc(N(c4ccccc4)c4ccccc4)cc3-c3cc(N(c4ccccc4)c4ccc(-c5ccccc5)cc4)ccc32)c([2H])c1[2H]. The van der Waals surface area contributed by atoms with Crippen LogP contribution in [0.1, 0.15) is 29.1 Å². The molecule has 0 radical (unpaired) electrons. The summed E-state index contributed by atoms with van der Waals surface area (Å²) >= 11 is 0. The molecule has 70 heavy (non-hydrogen) atoms. The summed E-state index contributed by atoms with van der Waals surface area (Å²) in [4.78, 5) is 4.50. The molecule has 1 unspecified atom stereocenters. The van der Waals surface area contributed by atoms with Gasteiger partial charge >= 0.3 is 0 Å². The summed E-state index contributed by atoms with van der Waals surface area (Å²) in [6.07, 6.45) is 0. The van der Waals surface area contributed by atoms with Gasteiger partial charge in [0.25, 0.3) is 0 Å². The molecule has 13 rings (SSSR count). The van der Waals surface area contributed by atoms with Crippen LogP contribution in [0.25, 0.3) is 49.7 Å². The number of hydrogen-bond donors (Lipinski definition) is 0. The third-order valence-corrected chi connectivity index (χ3v) is 13.9. The zero-order chi connectivity index (χ0) is 50.8. The zero-order valence-corrected chi connectivity index (χ0v) is 38.1. The Bertz CT molecular complexity index is 4040. The molecule has 1 aromatic heterocycles. The van der Waals surface area contributed by atoms with Crippen molar-refractivity contribution in [3.05, 3.63) is 307 Å². The van der Waals surface area contributed by atoms with Crippen LogP contribution in [0.4, 0.5) is 34.1 Å². The minimum absolute atomic E-state index is 0.190. The van der Waals surface area contributed by atoms with E-state index in [2.05, 4.69) is 190 Å². The van der Waals surface area contributed by atoms with E-state index in [0.29, 0.717) is 0 Å². The lowest BCUT2D eigenvalue weighted by Crippen LogP contribution is -2.28. The largest absolute Gasteiger partial charge is 0.310 e. The monoisotopic (exact) mass is 898 g/mol. The van der Waals surface area contributed by atoms with Gasteiger partial charge in [0.2, 0.25) is 0 Å². The van der Waals surface area contributed by atoms with E-state index in [1.54, 1.807) is 0 Å². The third kappa shape index (κ3) is 6.74. The van der Waals surface area contributed by atoms with Gasteiger partial charge in [-0.15, -0.1) is 0 Å². The van der Waals surface area contributed by atoms with Crippen LogP contribution in [0.15, 0.2) is 285 Å². The van der Waals surface area contributed by atoms with Crippen molar-refractivity contribution in [3.63, 3.8) is 0 Å². The number of benzene rings is 11. The van der Waals surface area contributed by atoms with Crippen molar-refractivity contribution in [1.29, 1.82) is 0 Å². The van der Waals surface area contributed by atoms with Gasteiger partial charge in [0.15, 0.2) is 0 Å². The lowest BCUT2D eigenvalue weighted by Gasteiger charge is -2.34. The highest BCUT2D eigenvalue weighted by Gasteiger charge is 2.47. The Morgan fingerprint density at radius 2 is 0.771 bits per heavy atom. The van der Waals surface area contributed by atoms with E-state index >= 15 is 0 Å². The first-order valence-electron chi connectivity index (χ1n) is 26.2. The molecule has 0 bridgehead atoms. The molecular weight excluding hydrogens is 847 g/mol. The first kappa shape index (κ1) is 35.9. The Kier molecular flexibility index (Phi) is 8.81. The highest BCUT2D eigenvalue weighted by Crippen LogP contribution is 2.59. The van der Waals surface area contributed by atoms with Gasteiger partial charge in [-0.3, -0.25) is 0 Å². The van der Waals surface area contributed by atoms with Gasteiger partial charge in [0.05, 0.1) is 23.3 Å². The summed E-state index contributed by atoms with van der Waals surface area (Å²) in [7, 11) is 0. The minimum Gasteiger partial charge on any atom is -0.310 e. The van der Waals surface area contributed by atoms with Crippen molar-refractivity contribution in [2.24, 2.45) is 0 Å². The maximum atomic E-state index is 9.94. The fraction of sp³-hybridized carbons (Fsp3) is 0.0149. The second kappa shape index (κ2) is 17.2. The first-order chi connectivity index (χ1) is 36.8. The predicted molar refractivity (Wildman–Crippen MR) is 293 cm³/mol. The number of nitrogens with zero attached hydrogens (tertiary/aromatic N) is 3. The summed E-state index contributed by atoms with van der Waals surface area (Å²) in [6.45, 7) is 0. The fourth-order valence-electron chi connectivity index (χ4n) is 10.9. The lowest BCUT2D eigenvalue weighted by atomic mass is 9.67. The topological polar surface area (TPSA) is 11.4 Å². The molecule has 0 saturated heterocycles. The average molecular weight is 899 g/mol. The summed E-state index contributed by atoms with van der Waals surface area (Å²) < 4.78 is 49.6. The highest BCUT2D eigenvalue weighted by atomic mass is 15.1. The molecule has 0 fully saturated rings. The molecule has 1 heterocycles. The summed E-state index contributed by atoms with van der Waals surface area (Å²) in [5, 5.41) is 2.12. The van der Waals surface area contributed by atoms with Gasteiger partial charge in [0, 0.05) is 50.6 Å². The Morgan fingerprint density at radius 1 is 0.329 bits per heavy atom. The Labute approximate surface area is 416 Å². The highest BCUT2D eigenvalue weighted by molar-refractivity contribution is 6.10. The van der Waals surface area contributed by atoms with Gasteiger partial charge in [-0.25, -0.2) is 0 Å². The first-order valence-corrected chi connectivity index (χ1v) is 23.7. The molecule has 0 N–H and O–H groups in total. The van der Waals surface area contributed by atoms with Crippen LogP contribution in [-0.2, 0) is 5.41 Å². The molecule has 0 amide bonds. The van der Waals surface area contributed by atoms with E-state index < -0.39 is 11.5 Å². The molecule has 11 aromatic carbocycles. The number of fused-ring (bicyclic) bond motifs is 6. The van der Waals surface area contributed by atoms with E-state index in [1.165, 1.54) is 0 Å². The molecule has 0 aliphatic heterocycles. The van der Waals surface area contributed by atoms with Gasteiger partial charge in [0.1, 0.15) is 0 Å². The van der Waals surface area contributed by atoms with Crippen LogP contribution >= 0.6 is 0 Å². The Balaban J connectivity index is 1.14. The third-order valence-electron chi connectivity index (χ3n) is 13.9. The second-order valence-corrected chi connectivity index (χ2v) is 17.7. The number of hydrogen-bond acceptors (Lipinski definition) is 2. The molecule has 0 spiro atoms. The zero-order valence-electron chi connectivity index (χ0n) is 43.1. The van der Waals surface area contributed by atoms with E-state index in [9.17, 15) is 5.48 Å². The predicted octanol–water partition coefficient (Wildman–Crippen LogP) is 17.8. The molecule has 3 nitrogen and oxygen atoms in total. The lowest BCUT2D eigenvalue weighted by molar-refractivity contribution is 0.769. The van der Waals surface area contributed by atoms with E-state index in [1.807, 2.05) is 78.9 Å². The van der Waals surface area contributed by atoms with E-state index in [-0.39, 0.29) is 29.7 Å². The molecule has 330 valence electrons. The molecule has 12 aromatic rings. The number of para-hydroxylation sites is 5. The maximum Gasteiger partial charge on any atom is 0.0714 e. The van der Waals surface area contributed by atoms with E-state index in [4.69, 9.17) is 1.37 Å². The summed E-state index contributed by atoms with van der Waals surface area (Å²) in [5.41, 5.74) is 13.8. The Hall–Kier alpha value is -9.18. The van der Waals surface area contributed by atoms with Crippen molar-refractivity contribution < 1.29 is 6.85 Å². The van der Waals surface area contributed by atoms with E-state index in [0.717, 1.165) is 101 Å². The number of aromatic nitrogens is 1. The van der Waals surface area contributed by atoms with Crippen molar-refractivity contribution in [1.82, 2.24) is 4.57 Å². The molecular formula is C67H47N3. The average Bonchev–Trinajstić information content (AvgIpc) is 4.15. The van der Waals surface area contributed by atoms with Crippen LogP contribution in [0.2, 0.25) is 0 Å². The van der Waals surface area contributed by atoms with Gasteiger partial charge < -0.3 is 14.4 Å². The van der Waals surface area contributed by atoms with Gasteiger partial charge in [-0.05, 0) is 142 Å². The number of rotatable bonds is 10. The molecule has 1 aliphatic carbocycles. The van der Waals surface area contributed by atoms with Crippen LogP contribution in [-0.4, -0.2) is 4.57 Å². The maximum absolute atomic E-state index is 9.94. The smallest absolute Gasteiger partial charge is 0.0714 e. The van der Waals surface area contributed by atoms with Crippen LogP contribution in [0.3, 0.4) is 0 Å². The van der Waals surface area contributed by atoms with Crippen molar-refractivity contribution in [3.8, 4) is 27.9 Å². The summed E-state index contributed by atoms with van der Waals surface area (Å²) in [6, 6.07) is 86.3. The van der Waals surface area contributed by atoms with Gasteiger partial charge in [-0.2, -0.15) is 0 Å². The van der Waals surface area contributed by atoms with Crippen molar-refractivity contribution in [2.75, 3.05) is 9.80 Å². The minimum atomic E-state index is -1.42. The molecule has 0 saturated carbocycles. The quantitative estimate of drug-likeness (QED) is 0.135.